The Labute approximate surface area is 77.1 Å². The van der Waals surface area contributed by atoms with E-state index < -0.39 is 0 Å². The van der Waals surface area contributed by atoms with Crippen LogP contribution in [0.15, 0.2) is 12.2 Å². The van der Waals surface area contributed by atoms with Crippen molar-refractivity contribution < 1.29 is 0 Å². The first-order chi connectivity index (χ1) is 5.61. The molecule has 1 fully saturated rings. The molecule has 0 aromatic heterocycles. The first-order valence-corrected chi connectivity index (χ1v) is 5.29. The lowest BCUT2D eigenvalue weighted by molar-refractivity contribution is 0.381. The maximum atomic E-state index is 2.41. The van der Waals surface area contributed by atoms with E-state index in [0.717, 1.165) is 11.8 Å². The zero-order valence-electron chi connectivity index (χ0n) is 8.93. The summed E-state index contributed by atoms with van der Waals surface area (Å²) in [5.41, 5.74) is 0.455. The smallest absolute Gasteiger partial charge is 0.0144 e. The van der Waals surface area contributed by atoms with Gasteiger partial charge in [0.2, 0.25) is 0 Å². The Morgan fingerprint density at radius 1 is 1.33 bits per heavy atom. The lowest BCUT2D eigenvalue weighted by Gasteiger charge is -2.20. The quantitative estimate of drug-likeness (QED) is 0.553. The molecule has 0 heteroatoms. The minimum Gasteiger partial charge on any atom is -0.0883 e. The van der Waals surface area contributed by atoms with Gasteiger partial charge in [-0.05, 0) is 30.1 Å². The lowest BCUT2D eigenvalue weighted by atomic mass is 9.85. The highest BCUT2D eigenvalue weighted by Gasteiger charge is 2.44. The largest absolute Gasteiger partial charge is 0.0883 e. The van der Waals surface area contributed by atoms with Crippen LogP contribution in [0.25, 0.3) is 0 Å². The van der Waals surface area contributed by atoms with E-state index >= 15 is 0 Å². The first kappa shape index (κ1) is 9.83. The van der Waals surface area contributed by atoms with Gasteiger partial charge in [-0.2, -0.15) is 0 Å². The molecule has 2 unspecified atom stereocenters. The maximum Gasteiger partial charge on any atom is -0.0144 e. The second-order valence-electron chi connectivity index (χ2n) is 4.64. The number of hydrogen-bond donors (Lipinski definition) is 0. The minimum atomic E-state index is 0.455. The second kappa shape index (κ2) is 3.64. The molecular weight excluding hydrogens is 144 g/mol. The molecule has 2 atom stereocenters. The molecule has 0 N–H and O–H groups in total. The van der Waals surface area contributed by atoms with Crippen LogP contribution in [0, 0.1) is 17.3 Å². The molecule has 0 nitrogen and oxygen atoms in total. The van der Waals surface area contributed by atoms with Crippen molar-refractivity contribution in [1.82, 2.24) is 0 Å². The molecule has 0 aliphatic heterocycles. The van der Waals surface area contributed by atoms with E-state index in [9.17, 15) is 0 Å². The van der Waals surface area contributed by atoms with Crippen LogP contribution in [0.5, 0.6) is 0 Å². The maximum absolute atomic E-state index is 2.41. The predicted octanol–water partition coefficient (Wildman–Crippen LogP) is 4.02. The third-order valence-corrected chi connectivity index (χ3v) is 3.19. The van der Waals surface area contributed by atoms with Crippen molar-refractivity contribution in [2.45, 2.75) is 47.0 Å². The monoisotopic (exact) mass is 166 g/mol. The molecule has 0 saturated heterocycles. The summed E-state index contributed by atoms with van der Waals surface area (Å²) in [4.78, 5) is 0. The van der Waals surface area contributed by atoms with Gasteiger partial charge in [0.15, 0.2) is 0 Å². The Morgan fingerprint density at radius 3 is 2.42 bits per heavy atom. The normalized spacial score (nSPS) is 29.7. The van der Waals surface area contributed by atoms with E-state index in [2.05, 4.69) is 39.8 Å². The standard InChI is InChI=1S/C12H22/c1-5-7-8-12(3,4)11-9-10(11)6-2/h7-8,10-11H,5-6,9H2,1-4H3. The van der Waals surface area contributed by atoms with Crippen LogP contribution in [0.2, 0.25) is 0 Å². The molecule has 0 heterocycles. The fraction of sp³-hybridized carbons (Fsp3) is 0.833. The molecule has 0 aromatic rings. The molecule has 1 aliphatic rings. The van der Waals surface area contributed by atoms with Crippen molar-refractivity contribution in [3.8, 4) is 0 Å². The fourth-order valence-electron chi connectivity index (χ4n) is 2.16. The van der Waals surface area contributed by atoms with Crippen molar-refractivity contribution in [3.63, 3.8) is 0 Å². The summed E-state index contributed by atoms with van der Waals surface area (Å²) in [6.07, 6.45) is 8.72. The zero-order valence-corrected chi connectivity index (χ0v) is 8.93. The molecular formula is C12H22. The summed E-state index contributed by atoms with van der Waals surface area (Å²) in [6, 6.07) is 0. The van der Waals surface area contributed by atoms with E-state index in [1.807, 2.05) is 0 Å². The molecule has 1 rings (SSSR count). The highest BCUT2D eigenvalue weighted by Crippen LogP contribution is 2.53. The summed E-state index contributed by atoms with van der Waals surface area (Å²) in [5, 5.41) is 0. The lowest BCUT2D eigenvalue weighted by Crippen LogP contribution is -2.11. The van der Waals surface area contributed by atoms with Gasteiger partial charge in [-0.3, -0.25) is 0 Å². The van der Waals surface area contributed by atoms with Crippen LogP contribution in [-0.4, -0.2) is 0 Å². The summed E-state index contributed by atoms with van der Waals surface area (Å²) in [6.45, 7) is 9.26. The van der Waals surface area contributed by atoms with Crippen LogP contribution in [0.4, 0.5) is 0 Å². The number of rotatable bonds is 4. The van der Waals surface area contributed by atoms with Crippen molar-refractivity contribution in [2.24, 2.45) is 17.3 Å². The van der Waals surface area contributed by atoms with Gasteiger partial charge in [0.05, 0.1) is 0 Å². The zero-order chi connectivity index (χ0) is 9.19. The van der Waals surface area contributed by atoms with E-state index in [4.69, 9.17) is 0 Å². The molecule has 1 saturated carbocycles. The minimum absolute atomic E-state index is 0.455. The van der Waals surface area contributed by atoms with Crippen LogP contribution in [0.1, 0.15) is 47.0 Å². The Bertz CT molecular complexity index is 165. The first-order valence-electron chi connectivity index (χ1n) is 5.29. The highest BCUT2D eigenvalue weighted by atomic mass is 14.5. The summed E-state index contributed by atoms with van der Waals surface area (Å²) in [7, 11) is 0. The molecule has 0 amide bonds. The summed E-state index contributed by atoms with van der Waals surface area (Å²) >= 11 is 0. The van der Waals surface area contributed by atoms with E-state index in [0.29, 0.717) is 5.41 Å². The average Bonchev–Trinajstić information content (AvgIpc) is 2.80. The van der Waals surface area contributed by atoms with Crippen molar-refractivity contribution in [2.75, 3.05) is 0 Å². The van der Waals surface area contributed by atoms with Gasteiger partial charge in [0.1, 0.15) is 0 Å². The van der Waals surface area contributed by atoms with Crippen molar-refractivity contribution >= 4 is 0 Å². The van der Waals surface area contributed by atoms with Crippen LogP contribution < -0.4 is 0 Å². The fourth-order valence-corrected chi connectivity index (χ4v) is 2.16. The molecule has 70 valence electrons. The molecule has 0 bridgehead atoms. The van der Waals surface area contributed by atoms with Crippen LogP contribution >= 0.6 is 0 Å². The van der Waals surface area contributed by atoms with E-state index in [-0.39, 0.29) is 0 Å². The third-order valence-electron chi connectivity index (χ3n) is 3.19. The van der Waals surface area contributed by atoms with Crippen LogP contribution in [-0.2, 0) is 0 Å². The average molecular weight is 166 g/mol. The predicted molar refractivity (Wildman–Crippen MR) is 55.1 cm³/mol. The van der Waals surface area contributed by atoms with Gasteiger partial charge in [0.25, 0.3) is 0 Å². The Morgan fingerprint density at radius 2 is 2.00 bits per heavy atom. The molecule has 0 spiro atoms. The van der Waals surface area contributed by atoms with E-state index in [1.165, 1.54) is 19.3 Å². The topological polar surface area (TPSA) is 0 Å². The summed E-state index contributed by atoms with van der Waals surface area (Å²) < 4.78 is 0. The summed E-state index contributed by atoms with van der Waals surface area (Å²) in [5.74, 6) is 1.98. The van der Waals surface area contributed by atoms with Gasteiger partial charge in [-0.1, -0.05) is 46.3 Å². The van der Waals surface area contributed by atoms with Gasteiger partial charge in [-0.15, -0.1) is 0 Å². The number of hydrogen-bond acceptors (Lipinski definition) is 0. The second-order valence-corrected chi connectivity index (χ2v) is 4.64. The van der Waals surface area contributed by atoms with Crippen molar-refractivity contribution in [1.29, 1.82) is 0 Å². The highest BCUT2D eigenvalue weighted by molar-refractivity contribution is 5.05. The molecule has 12 heavy (non-hydrogen) atoms. The Balaban J connectivity index is 2.44. The van der Waals surface area contributed by atoms with Gasteiger partial charge >= 0.3 is 0 Å². The van der Waals surface area contributed by atoms with Gasteiger partial charge in [0, 0.05) is 0 Å². The number of allylic oxidation sites excluding steroid dienone is 2. The van der Waals surface area contributed by atoms with Gasteiger partial charge in [-0.25, -0.2) is 0 Å². The van der Waals surface area contributed by atoms with E-state index in [1.54, 1.807) is 0 Å². The van der Waals surface area contributed by atoms with Gasteiger partial charge < -0.3 is 0 Å². The molecule has 1 aliphatic carbocycles. The Kier molecular flexibility index (Phi) is 2.98. The third kappa shape index (κ3) is 2.12. The Hall–Kier alpha value is -0.260. The molecule has 0 aromatic carbocycles. The SMILES string of the molecule is CCC=CC(C)(C)C1CC1CC. The molecule has 0 radical (unpaired) electrons. The van der Waals surface area contributed by atoms with Crippen LogP contribution in [0.3, 0.4) is 0 Å². The van der Waals surface area contributed by atoms with Crippen molar-refractivity contribution in [3.05, 3.63) is 12.2 Å².